The van der Waals surface area contributed by atoms with Crippen molar-refractivity contribution in [2.45, 2.75) is 6.42 Å². The van der Waals surface area contributed by atoms with Crippen molar-refractivity contribution in [3.63, 3.8) is 0 Å². The molecule has 0 saturated carbocycles. The van der Waals surface area contributed by atoms with E-state index in [0.29, 0.717) is 38.1 Å². The maximum Gasteiger partial charge on any atom is 0.263 e. The van der Waals surface area contributed by atoms with Gasteiger partial charge in [0.05, 0.1) is 4.91 Å². The van der Waals surface area contributed by atoms with Crippen LogP contribution in [0, 0.1) is 0 Å². The summed E-state index contributed by atoms with van der Waals surface area (Å²) in [5.74, 6) is -0.0482. The molecule has 4 rings (SSSR count). The van der Waals surface area contributed by atoms with E-state index in [-0.39, 0.29) is 11.8 Å². The molecule has 3 aromatic rings. The number of furan rings is 1. The number of hydrogen-bond donors (Lipinski definition) is 2. The number of nitrogens with one attached hydrogen (secondary N) is 2. The van der Waals surface area contributed by atoms with Gasteiger partial charge in [0.25, 0.3) is 11.8 Å². The Morgan fingerprint density at radius 1 is 1.29 bits per heavy atom. The lowest BCUT2D eigenvalue weighted by Gasteiger charge is -2.05. The zero-order chi connectivity index (χ0) is 19.5. The maximum absolute atomic E-state index is 12.6. The first-order valence-corrected chi connectivity index (χ1v) is 9.77. The number of pyridine rings is 1. The highest BCUT2D eigenvalue weighted by Crippen LogP contribution is 2.29. The van der Waals surface area contributed by atoms with Crippen molar-refractivity contribution in [2.24, 2.45) is 0 Å². The van der Waals surface area contributed by atoms with E-state index in [1.54, 1.807) is 18.3 Å². The molecule has 3 heterocycles. The summed E-state index contributed by atoms with van der Waals surface area (Å²) in [5.41, 5.74) is 1.94. The molecule has 28 heavy (non-hydrogen) atoms. The standard InChI is InChI=1S/C20H15N3O3S2/c24-18(22-7-6-12-4-2-1-3-5-12)15-11-21-10-13-8-14(26-17(13)15)9-16-19(25)23-20(27)28-16/h1-5,8-11H,6-7H2,(H,22,24)(H,23,25,27)/b16-9-. The summed E-state index contributed by atoms with van der Waals surface area (Å²) in [6.45, 7) is 0.505. The van der Waals surface area contributed by atoms with Crippen LogP contribution in [0.15, 0.2) is 58.1 Å². The normalized spacial score (nSPS) is 15.2. The fourth-order valence-corrected chi connectivity index (χ4v) is 3.85. The van der Waals surface area contributed by atoms with Gasteiger partial charge in [-0.15, -0.1) is 0 Å². The fourth-order valence-electron chi connectivity index (χ4n) is 2.83. The lowest BCUT2D eigenvalue weighted by atomic mass is 10.1. The van der Waals surface area contributed by atoms with Gasteiger partial charge in [-0.2, -0.15) is 0 Å². The van der Waals surface area contributed by atoms with Crippen LogP contribution in [0.1, 0.15) is 21.7 Å². The molecular weight excluding hydrogens is 394 g/mol. The van der Waals surface area contributed by atoms with Gasteiger partial charge in [0.2, 0.25) is 0 Å². The minimum absolute atomic E-state index is 0.253. The van der Waals surface area contributed by atoms with E-state index in [0.717, 1.165) is 12.0 Å². The topological polar surface area (TPSA) is 84.2 Å². The van der Waals surface area contributed by atoms with E-state index >= 15 is 0 Å². The predicted molar refractivity (Wildman–Crippen MR) is 113 cm³/mol. The molecule has 6 nitrogen and oxygen atoms in total. The number of thiocarbonyl (C=S) groups is 1. The number of carbonyl (C=O) groups excluding carboxylic acids is 2. The first-order chi connectivity index (χ1) is 13.6. The second kappa shape index (κ2) is 7.95. The number of hydrogen-bond acceptors (Lipinski definition) is 6. The molecule has 0 atom stereocenters. The van der Waals surface area contributed by atoms with E-state index in [4.69, 9.17) is 16.6 Å². The molecular formula is C20H15N3O3S2. The van der Waals surface area contributed by atoms with Gasteiger partial charge in [0, 0.05) is 30.4 Å². The second-order valence-corrected chi connectivity index (χ2v) is 7.82. The maximum atomic E-state index is 12.6. The quantitative estimate of drug-likeness (QED) is 0.497. The SMILES string of the molecule is O=C1NC(=S)S/C1=C\c1cc2cncc(C(=O)NCCc3ccccc3)c2o1. The van der Waals surface area contributed by atoms with Gasteiger partial charge in [-0.3, -0.25) is 14.6 Å². The highest BCUT2D eigenvalue weighted by Gasteiger charge is 2.23. The number of benzene rings is 1. The van der Waals surface area contributed by atoms with Crippen molar-refractivity contribution in [3.8, 4) is 0 Å². The number of carbonyl (C=O) groups is 2. The van der Waals surface area contributed by atoms with Crippen molar-refractivity contribution in [3.05, 3.63) is 70.6 Å². The van der Waals surface area contributed by atoms with Crippen molar-refractivity contribution >= 4 is 57.2 Å². The number of nitrogens with zero attached hydrogens (tertiary/aromatic N) is 1. The third kappa shape index (κ3) is 3.97. The van der Waals surface area contributed by atoms with Gasteiger partial charge in [0.1, 0.15) is 15.6 Å². The van der Waals surface area contributed by atoms with Gasteiger partial charge < -0.3 is 15.1 Å². The molecule has 8 heteroatoms. The van der Waals surface area contributed by atoms with Crippen LogP contribution in [0.4, 0.5) is 0 Å². The summed E-state index contributed by atoms with van der Waals surface area (Å²) in [6.07, 6.45) is 5.44. The molecule has 2 N–H and O–H groups in total. The van der Waals surface area contributed by atoms with E-state index in [2.05, 4.69) is 15.6 Å². The Balaban J connectivity index is 1.52. The summed E-state index contributed by atoms with van der Waals surface area (Å²) in [5, 5.41) is 6.14. The van der Waals surface area contributed by atoms with Crippen LogP contribution in [-0.2, 0) is 11.2 Å². The average molecular weight is 409 g/mol. The molecule has 2 aromatic heterocycles. The summed E-state index contributed by atoms with van der Waals surface area (Å²) < 4.78 is 6.23. The van der Waals surface area contributed by atoms with Crippen LogP contribution < -0.4 is 10.6 Å². The fraction of sp³-hybridized carbons (Fsp3) is 0.100. The molecule has 2 amide bonds. The largest absolute Gasteiger partial charge is 0.456 e. The third-order valence-corrected chi connectivity index (χ3v) is 5.31. The zero-order valence-corrected chi connectivity index (χ0v) is 16.2. The first kappa shape index (κ1) is 18.4. The smallest absolute Gasteiger partial charge is 0.263 e. The second-order valence-electron chi connectivity index (χ2n) is 6.10. The van der Waals surface area contributed by atoms with Crippen molar-refractivity contribution < 1.29 is 14.0 Å². The van der Waals surface area contributed by atoms with Crippen LogP contribution in [0.25, 0.3) is 17.0 Å². The van der Waals surface area contributed by atoms with Crippen LogP contribution in [0.3, 0.4) is 0 Å². The molecule has 1 aliphatic heterocycles. The molecule has 1 aliphatic rings. The molecule has 1 aromatic carbocycles. The van der Waals surface area contributed by atoms with E-state index in [1.165, 1.54) is 18.0 Å². The summed E-state index contributed by atoms with van der Waals surface area (Å²) >= 11 is 6.16. The number of fused-ring (bicyclic) bond motifs is 1. The van der Waals surface area contributed by atoms with Crippen LogP contribution >= 0.6 is 24.0 Å². The highest BCUT2D eigenvalue weighted by molar-refractivity contribution is 8.26. The average Bonchev–Trinajstić information content (AvgIpc) is 3.24. The molecule has 140 valence electrons. The third-order valence-electron chi connectivity index (χ3n) is 4.14. The van der Waals surface area contributed by atoms with Crippen LogP contribution in [0.5, 0.6) is 0 Å². The molecule has 1 saturated heterocycles. The Hall–Kier alpha value is -2.97. The van der Waals surface area contributed by atoms with Gasteiger partial charge in [-0.25, -0.2) is 0 Å². The van der Waals surface area contributed by atoms with E-state index < -0.39 is 0 Å². The Morgan fingerprint density at radius 2 is 2.11 bits per heavy atom. The van der Waals surface area contributed by atoms with Gasteiger partial charge in [0.15, 0.2) is 5.58 Å². The number of rotatable bonds is 5. The molecule has 0 unspecified atom stereocenters. The Bertz CT molecular complexity index is 1110. The summed E-state index contributed by atoms with van der Waals surface area (Å²) in [7, 11) is 0. The monoisotopic (exact) mass is 409 g/mol. The minimum Gasteiger partial charge on any atom is -0.456 e. The molecule has 0 radical (unpaired) electrons. The number of aromatic nitrogens is 1. The Labute approximate surface area is 170 Å². The lowest BCUT2D eigenvalue weighted by Crippen LogP contribution is -2.25. The predicted octanol–water partition coefficient (Wildman–Crippen LogP) is 3.29. The Kier molecular flexibility index (Phi) is 5.23. The van der Waals surface area contributed by atoms with Gasteiger partial charge in [-0.05, 0) is 18.1 Å². The van der Waals surface area contributed by atoms with E-state index in [1.807, 2.05) is 30.3 Å². The lowest BCUT2D eigenvalue weighted by molar-refractivity contribution is -0.115. The molecule has 1 fully saturated rings. The van der Waals surface area contributed by atoms with Crippen LogP contribution in [0.2, 0.25) is 0 Å². The Morgan fingerprint density at radius 3 is 2.86 bits per heavy atom. The van der Waals surface area contributed by atoms with Gasteiger partial charge in [-0.1, -0.05) is 54.3 Å². The zero-order valence-electron chi connectivity index (χ0n) is 14.6. The molecule has 0 spiro atoms. The number of amides is 2. The van der Waals surface area contributed by atoms with E-state index in [9.17, 15) is 9.59 Å². The number of thioether (sulfide) groups is 1. The summed E-state index contributed by atoms with van der Waals surface area (Å²) in [4.78, 5) is 29.0. The van der Waals surface area contributed by atoms with Crippen molar-refractivity contribution in [1.29, 1.82) is 0 Å². The van der Waals surface area contributed by atoms with Crippen molar-refractivity contribution in [1.82, 2.24) is 15.6 Å². The molecule has 0 aliphatic carbocycles. The summed E-state index contributed by atoms with van der Waals surface area (Å²) in [6, 6.07) is 11.7. The van der Waals surface area contributed by atoms with Crippen LogP contribution in [-0.4, -0.2) is 27.7 Å². The first-order valence-electron chi connectivity index (χ1n) is 8.55. The highest BCUT2D eigenvalue weighted by atomic mass is 32.2. The molecule has 0 bridgehead atoms. The van der Waals surface area contributed by atoms with Crippen molar-refractivity contribution in [2.75, 3.05) is 6.54 Å². The van der Waals surface area contributed by atoms with Gasteiger partial charge >= 0.3 is 0 Å². The minimum atomic E-state index is -0.257.